The van der Waals surface area contributed by atoms with Crippen LogP contribution in [0.1, 0.15) is 11.6 Å². The fourth-order valence-electron chi connectivity index (χ4n) is 2.32. The SMILES string of the molecule is C=CCNC(=O)NC(=O)CNC(C(=O)Nc1ccccc1)c1ccccc1. The Balaban J connectivity index is 2.01. The van der Waals surface area contributed by atoms with Crippen LogP contribution in [0.4, 0.5) is 10.5 Å². The van der Waals surface area contributed by atoms with Crippen molar-refractivity contribution in [3.8, 4) is 0 Å². The standard InChI is InChI=1S/C20H22N4O3/c1-2-13-21-20(27)24-17(25)14-22-18(15-9-5-3-6-10-15)19(26)23-16-11-7-4-8-12-16/h2-12,18,22H,1,13-14H2,(H,23,26)(H2,21,24,25,27). The van der Waals surface area contributed by atoms with Crippen LogP contribution in [0, 0.1) is 0 Å². The normalized spacial score (nSPS) is 11.1. The summed E-state index contributed by atoms with van der Waals surface area (Å²) in [5, 5.41) is 10.3. The predicted octanol–water partition coefficient (Wildman–Crippen LogP) is 1.97. The van der Waals surface area contributed by atoms with E-state index in [0.717, 1.165) is 0 Å². The van der Waals surface area contributed by atoms with E-state index in [-0.39, 0.29) is 19.0 Å². The molecule has 0 bridgehead atoms. The summed E-state index contributed by atoms with van der Waals surface area (Å²) in [6, 6.07) is 16.7. The third kappa shape index (κ3) is 6.75. The summed E-state index contributed by atoms with van der Waals surface area (Å²) in [5.41, 5.74) is 1.35. The number of rotatable bonds is 8. The maximum Gasteiger partial charge on any atom is 0.321 e. The van der Waals surface area contributed by atoms with E-state index >= 15 is 0 Å². The van der Waals surface area contributed by atoms with E-state index in [1.807, 2.05) is 36.4 Å². The van der Waals surface area contributed by atoms with Gasteiger partial charge in [0.15, 0.2) is 0 Å². The zero-order valence-corrected chi connectivity index (χ0v) is 14.8. The molecule has 0 saturated heterocycles. The Hall–Kier alpha value is -3.45. The third-order valence-electron chi connectivity index (χ3n) is 3.56. The van der Waals surface area contributed by atoms with Crippen molar-refractivity contribution in [3.63, 3.8) is 0 Å². The van der Waals surface area contributed by atoms with Crippen molar-refractivity contribution in [1.82, 2.24) is 16.0 Å². The lowest BCUT2D eigenvalue weighted by Gasteiger charge is -2.18. The van der Waals surface area contributed by atoms with E-state index in [1.54, 1.807) is 24.3 Å². The zero-order chi connectivity index (χ0) is 19.5. The number of anilines is 1. The molecule has 2 rings (SSSR count). The first-order valence-corrected chi connectivity index (χ1v) is 8.43. The van der Waals surface area contributed by atoms with Gasteiger partial charge in [0.2, 0.25) is 11.8 Å². The van der Waals surface area contributed by atoms with Crippen molar-refractivity contribution >= 4 is 23.5 Å². The maximum absolute atomic E-state index is 12.7. The third-order valence-corrected chi connectivity index (χ3v) is 3.56. The number of hydrogen-bond acceptors (Lipinski definition) is 4. The first-order chi connectivity index (χ1) is 13.1. The Morgan fingerprint density at radius 1 is 0.963 bits per heavy atom. The summed E-state index contributed by atoms with van der Waals surface area (Å²) in [6.45, 7) is 3.52. The Bertz CT molecular complexity index is 778. The molecule has 7 heteroatoms. The lowest BCUT2D eigenvalue weighted by molar-refractivity contribution is -0.120. The molecule has 0 aliphatic carbocycles. The van der Waals surface area contributed by atoms with Gasteiger partial charge in [-0.1, -0.05) is 54.6 Å². The van der Waals surface area contributed by atoms with Gasteiger partial charge < -0.3 is 10.6 Å². The van der Waals surface area contributed by atoms with Gasteiger partial charge in [0.1, 0.15) is 6.04 Å². The minimum Gasteiger partial charge on any atom is -0.334 e. The summed E-state index contributed by atoms with van der Waals surface area (Å²) in [5.74, 6) is -0.860. The van der Waals surface area contributed by atoms with E-state index in [0.29, 0.717) is 11.3 Å². The Morgan fingerprint density at radius 3 is 2.22 bits per heavy atom. The highest BCUT2D eigenvalue weighted by molar-refractivity contribution is 5.97. The molecule has 0 saturated carbocycles. The summed E-state index contributed by atoms with van der Waals surface area (Å²) >= 11 is 0. The zero-order valence-electron chi connectivity index (χ0n) is 14.8. The van der Waals surface area contributed by atoms with Gasteiger partial charge in [-0.25, -0.2) is 4.79 Å². The number of carbonyl (C=O) groups is 3. The molecule has 0 spiro atoms. The monoisotopic (exact) mass is 366 g/mol. The average Bonchev–Trinajstić information content (AvgIpc) is 2.68. The van der Waals surface area contributed by atoms with Crippen LogP contribution >= 0.6 is 0 Å². The van der Waals surface area contributed by atoms with E-state index in [2.05, 4.69) is 27.8 Å². The molecular formula is C20H22N4O3. The largest absolute Gasteiger partial charge is 0.334 e. The van der Waals surface area contributed by atoms with Gasteiger partial charge in [0, 0.05) is 12.2 Å². The van der Waals surface area contributed by atoms with Crippen molar-refractivity contribution < 1.29 is 14.4 Å². The molecule has 1 unspecified atom stereocenters. The van der Waals surface area contributed by atoms with Gasteiger partial charge >= 0.3 is 6.03 Å². The second kappa shape index (κ2) is 10.5. The van der Waals surface area contributed by atoms with Crippen LogP contribution < -0.4 is 21.3 Å². The van der Waals surface area contributed by atoms with Crippen molar-refractivity contribution in [2.45, 2.75) is 6.04 Å². The number of urea groups is 1. The van der Waals surface area contributed by atoms with Crippen molar-refractivity contribution in [2.75, 3.05) is 18.4 Å². The smallest absolute Gasteiger partial charge is 0.321 e. The first-order valence-electron chi connectivity index (χ1n) is 8.43. The highest BCUT2D eigenvalue weighted by atomic mass is 16.2. The molecule has 27 heavy (non-hydrogen) atoms. The number of benzene rings is 2. The summed E-state index contributed by atoms with van der Waals surface area (Å²) in [4.78, 5) is 36.1. The van der Waals surface area contributed by atoms with E-state index < -0.39 is 18.0 Å². The molecule has 4 N–H and O–H groups in total. The van der Waals surface area contributed by atoms with Gasteiger partial charge in [-0.15, -0.1) is 6.58 Å². The second-order valence-corrected chi connectivity index (χ2v) is 5.63. The Labute approximate surface area is 157 Å². The van der Waals surface area contributed by atoms with Crippen molar-refractivity contribution in [3.05, 3.63) is 78.9 Å². The fraction of sp³-hybridized carbons (Fsp3) is 0.150. The Morgan fingerprint density at radius 2 is 1.59 bits per heavy atom. The lowest BCUT2D eigenvalue weighted by Crippen LogP contribution is -2.45. The van der Waals surface area contributed by atoms with Gasteiger partial charge in [-0.3, -0.25) is 20.2 Å². The minimum atomic E-state index is -0.756. The van der Waals surface area contributed by atoms with Crippen molar-refractivity contribution in [2.24, 2.45) is 0 Å². The highest BCUT2D eigenvalue weighted by Crippen LogP contribution is 2.15. The average molecular weight is 366 g/mol. The highest BCUT2D eigenvalue weighted by Gasteiger charge is 2.21. The van der Waals surface area contributed by atoms with Gasteiger partial charge in [-0.05, 0) is 17.7 Å². The molecular weight excluding hydrogens is 344 g/mol. The number of para-hydroxylation sites is 1. The molecule has 2 aromatic carbocycles. The topological polar surface area (TPSA) is 99.3 Å². The molecule has 0 aliphatic heterocycles. The lowest BCUT2D eigenvalue weighted by atomic mass is 10.1. The molecule has 4 amide bonds. The number of imide groups is 1. The van der Waals surface area contributed by atoms with Crippen LogP contribution in [0.15, 0.2) is 73.3 Å². The molecule has 0 aromatic heterocycles. The first kappa shape index (κ1) is 19.9. The van der Waals surface area contributed by atoms with E-state index in [1.165, 1.54) is 6.08 Å². The fourth-order valence-corrected chi connectivity index (χ4v) is 2.32. The van der Waals surface area contributed by atoms with Crippen LogP contribution in [0.3, 0.4) is 0 Å². The maximum atomic E-state index is 12.7. The predicted molar refractivity (Wildman–Crippen MR) is 104 cm³/mol. The van der Waals surface area contributed by atoms with E-state index in [4.69, 9.17) is 0 Å². The van der Waals surface area contributed by atoms with Gasteiger partial charge in [0.05, 0.1) is 6.54 Å². The number of amides is 4. The summed E-state index contributed by atoms with van der Waals surface area (Å²) in [7, 11) is 0. The van der Waals surface area contributed by atoms with Crippen LogP contribution in [-0.2, 0) is 9.59 Å². The van der Waals surface area contributed by atoms with Gasteiger partial charge in [-0.2, -0.15) is 0 Å². The molecule has 0 radical (unpaired) electrons. The second-order valence-electron chi connectivity index (χ2n) is 5.63. The Kier molecular flexibility index (Phi) is 7.74. The van der Waals surface area contributed by atoms with E-state index in [9.17, 15) is 14.4 Å². The van der Waals surface area contributed by atoms with Gasteiger partial charge in [0.25, 0.3) is 0 Å². The minimum absolute atomic E-state index is 0.205. The number of hydrogen-bond donors (Lipinski definition) is 4. The summed E-state index contributed by atoms with van der Waals surface area (Å²) < 4.78 is 0. The van der Waals surface area contributed by atoms with Crippen LogP contribution in [-0.4, -0.2) is 30.9 Å². The molecule has 0 heterocycles. The molecule has 0 fully saturated rings. The molecule has 7 nitrogen and oxygen atoms in total. The number of carbonyl (C=O) groups excluding carboxylic acids is 3. The molecule has 0 aliphatic rings. The van der Waals surface area contributed by atoms with Crippen molar-refractivity contribution in [1.29, 1.82) is 0 Å². The summed E-state index contributed by atoms with van der Waals surface area (Å²) in [6.07, 6.45) is 1.50. The quantitative estimate of drug-likeness (QED) is 0.537. The molecule has 1 atom stereocenters. The van der Waals surface area contributed by atoms with Crippen LogP contribution in [0.5, 0.6) is 0 Å². The molecule has 2 aromatic rings. The number of nitrogens with one attached hydrogen (secondary N) is 4. The molecule has 140 valence electrons. The van der Waals surface area contributed by atoms with Crippen LogP contribution in [0.25, 0.3) is 0 Å². The van der Waals surface area contributed by atoms with Crippen LogP contribution in [0.2, 0.25) is 0 Å².